The maximum Gasteiger partial charge on any atom is 0.331 e. The van der Waals surface area contributed by atoms with E-state index in [2.05, 4.69) is 34.6 Å². The van der Waals surface area contributed by atoms with Crippen LogP contribution in [-0.2, 0) is 13.6 Å². The first kappa shape index (κ1) is 18.1. The van der Waals surface area contributed by atoms with Gasteiger partial charge in [0.15, 0.2) is 0 Å². The van der Waals surface area contributed by atoms with Gasteiger partial charge in [-0.1, -0.05) is 41.0 Å². The molecule has 3 nitrogen and oxygen atoms in total. The lowest BCUT2D eigenvalue weighted by molar-refractivity contribution is 0.105. The second-order valence-electron chi connectivity index (χ2n) is 4.78. The van der Waals surface area contributed by atoms with Crippen LogP contribution in [0.25, 0.3) is 0 Å². The monoisotopic (exact) mass is 278 g/mol. The number of hydrogen-bond acceptors (Lipinski definition) is 3. The van der Waals surface area contributed by atoms with E-state index < -0.39 is 7.60 Å². The molecule has 0 amide bonds. The Balaban J connectivity index is 4.64. The molecule has 0 radical (unpaired) electrons. The highest BCUT2D eigenvalue weighted by molar-refractivity contribution is 7.53. The average molecular weight is 278 g/mol. The van der Waals surface area contributed by atoms with Crippen LogP contribution in [0.4, 0.5) is 0 Å². The van der Waals surface area contributed by atoms with Gasteiger partial charge in [0.05, 0.1) is 18.4 Å². The first-order valence-electron chi connectivity index (χ1n) is 7.50. The standard InChI is InChI=1S/C14H31O3P/c1-6-11-12-18(15,16-13(7-2)8-3)17-14(9-4)10-5/h13-14H,6-12H2,1-5H3. The third kappa shape index (κ3) is 6.92. The molecule has 0 aromatic carbocycles. The van der Waals surface area contributed by atoms with Crippen LogP contribution in [0.15, 0.2) is 0 Å². The van der Waals surface area contributed by atoms with Crippen molar-refractivity contribution in [3.05, 3.63) is 0 Å². The molecule has 0 aliphatic carbocycles. The van der Waals surface area contributed by atoms with Crippen LogP contribution in [0.3, 0.4) is 0 Å². The molecule has 0 saturated heterocycles. The summed E-state index contributed by atoms with van der Waals surface area (Å²) in [5.41, 5.74) is 0. The van der Waals surface area contributed by atoms with Crippen molar-refractivity contribution in [2.45, 2.75) is 85.4 Å². The zero-order valence-electron chi connectivity index (χ0n) is 12.8. The zero-order chi connectivity index (χ0) is 14.0. The van der Waals surface area contributed by atoms with Crippen molar-refractivity contribution >= 4 is 7.60 Å². The van der Waals surface area contributed by atoms with Crippen LogP contribution in [-0.4, -0.2) is 18.4 Å². The van der Waals surface area contributed by atoms with Gasteiger partial charge in [-0.3, -0.25) is 4.57 Å². The summed E-state index contributed by atoms with van der Waals surface area (Å²) in [6.07, 6.45) is 6.13. The molecule has 0 rings (SSSR count). The Bertz CT molecular complexity index is 217. The van der Waals surface area contributed by atoms with E-state index in [0.717, 1.165) is 38.5 Å². The molecule has 0 heterocycles. The van der Waals surface area contributed by atoms with E-state index in [1.165, 1.54) is 0 Å². The molecule has 0 unspecified atom stereocenters. The van der Waals surface area contributed by atoms with Crippen molar-refractivity contribution in [2.24, 2.45) is 0 Å². The molecular weight excluding hydrogens is 247 g/mol. The molecule has 110 valence electrons. The number of unbranched alkanes of at least 4 members (excludes halogenated alkanes) is 1. The lowest BCUT2D eigenvalue weighted by atomic mass is 10.2. The number of rotatable bonds is 11. The van der Waals surface area contributed by atoms with Gasteiger partial charge in [0, 0.05) is 0 Å². The van der Waals surface area contributed by atoms with Crippen molar-refractivity contribution in [1.29, 1.82) is 0 Å². The smallest absolute Gasteiger partial charge is 0.305 e. The van der Waals surface area contributed by atoms with Gasteiger partial charge in [-0.05, 0) is 32.1 Å². The highest BCUT2D eigenvalue weighted by Gasteiger charge is 2.29. The van der Waals surface area contributed by atoms with Crippen LogP contribution in [0.5, 0.6) is 0 Å². The molecule has 0 aromatic heterocycles. The molecule has 0 aromatic rings. The van der Waals surface area contributed by atoms with E-state index in [0.29, 0.717) is 6.16 Å². The van der Waals surface area contributed by atoms with E-state index in [1.807, 2.05) is 0 Å². The Kier molecular flexibility index (Phi) is 10.1. The van der Waals surface area contributed by atoms with Gasteiger partial charge in [0.1, 0.15) is 0 Å². The molecule has 0 fully saturated rings. The normalized spacial score (nSPS) is 12.6. The van der Waals surface area contributed by atoms with Gasteiger partial charge < -0.3 is 9.05 Å². The molecular formula is C14H31O3P. The topological polar surface area (TPSA) is 35.5 Å². The summed E-state index contributed by atoms with van der Waals surface area (Å²) in [5, 5.41) is 0. The molecule has 0 spiro atoms. The first-order valence-corrected chi connectivity index (χ1v) is 9.23. The average Bonchev–Trinajstić information content (AvgIpc) is 2.40. The maximum atomic E-state index is 12.8. The fourth-order valence-electron chi connectivity index (χ4n) is 1.81. The molecule has 0 aliphatic rings. The predicted octanol–water partition coefficient (Wildman–Crippen LogP) is 5.39. The largest absolute Gasteiger partial charge is 0.331 e. The van der Waals surface area contributed by atoms with Gasteiger partial charge >= 0.3 is 7.60 Å². The van der Waals surface area contributed by atoms with Crippen molar-refractivity contribution in [2.75, 3.05) is 6.16 Å². The van der Waals surface area contributed by atoms with Gasteiger partial charge in [-0.15, -0.1) is 0 Å². The zero-order valence-corrected chi connectivity index (χ0v) is 13.7. The van der Waals surface area contributed by atoms with Crippen molar-refractivity contribution in [1.82, 2.24) is 0 Å². The molecule has 0 aliphatic heterocycles. The summed E-state index contributed by atoms with van der Waals surface area (Å²) in [7, 11) is -2.91. The minimum atomic E-state index is -2.91. The highest BCUT2D eigenvalue weighted by Crippen LogP contribution is 2.52. The summed E-state index contributed by atoms with van der Waals surface area (Å²) >= 11 is 0. The fraction of sp³-hybridized carbons (Fsp3) is 1.00. The quantitative estimate of drug-likeness (QED) is 0.475. The van der Waals surface area contributed by atoms with Crippen molar-refractivity contribution in [3.8, 4) is 0 Å². The second kappa shape index (κ2) is 10.00. The van der Waals surface area contributed by atoms with Crippen molar-refractivity contribution < 1.29 is 13.6 Å². The Labute approximate surface area is 113 Å². The van der Waals surface area contributed by atoms with Crippen LogP contribution in [0.1, 0.15) is 73.1 Å². The highest BCUT2D eigenvalue weighted by atomic mass is 31.2. The molecule has 4 heteroatoms. The van der Waals surface area contributed by atoms with Crippen LogP contribution >= 0.6 is 7.60 Å². The van der Waals surface area contributed by atoms with E-state index >= 15 is 0 Å². The molecule has 0 saturated carbocycles. The SMILES string of the molecule is CCCCP(=O)(OC(CC)CC)OC(CC)CC. The summed E-state index contributed by atoms with van der Waals surface area (Å²) in [6.45, 7) is 10.4. The van der Waals surface area contributed by atoms with Gasteiger partial charge in [0.25, 0.3) is 0 Å². The van der Waals surface area contributed by atoms with Crippen molar-refractivity contribution in [3.63, 3.8) is 0 Å². The fourth-order valence-corrected chi connectivity index (χ4v) is 4.28. The Morgan fingerprint density at radius 1 is 0.833 bits per heavy atom. The van der Waals surface area contributed by atoms with E-state index in [-0.39, 0.29) is 12.2 Å². The minimum Gasteiger partial charge on any atom is -0.305 e. The second-order valence-corrected chi connectivity index (χ2v) is 6.87. The minimum absolute atomic E-state index is 0.0575. The lowest BCUT2D eigenvalue weighted by Gasteiger charge is -2.26. The maximum absolute atomic E-state index is 12.8. The summed E-state index contributed by atoms with van der Waals surface area (Å²) in [5.74, 6) is 0. The van der Waals surface area contributed by atoms with E-state index in [9.17, 15) is 4.57 Å². The van der Waals surface area contributed by atoms with E-state index in [1.54, 1.807) is 0 Å². The third-order valence-corrected chi connectivity index (χ3v) is 5.33. The van der Waals surface area contributed by atoms with Crippen LogP contribution in [0, 0.1) is 0 Å². The summed E-state index contributed by atoms with van der Waals surface area (Å²) in [6, 6.07) is 0. The van der Waals surface area contributed by atoms with Gasteiger partial charge in [-0.25, -0.2) is 0 Å². The molecule has 0 N–H and O–H groups in total. The Morgan fingerprint density at radius 2 is 1.22 bits per heavy atom. The summed E-state index contributed by atoms with van der Waals surface area (Å²) < 4.78 is 24.4. The Hall–Kier alpha value is 0.150. The van der Waals surface area contributed by atoms with Gasteiger partial charge in [-0.2, -0.15) is 0 Å². The third-order valence-electron chi connectivity index (χ3n) is 3.23. The molecule has 0 atom stereocenters. The lowest BCUT2D eigenvalue weighted by Crippen LogP contribution is -2.16. The first-order chi connectivity index (χ1) is 8.55. The summed E-state index contributed by atoms with van der Waals surface area (Å²) in [4.78, 5) is 0. The van der Waals surface area contributed by atoms with Crippen LogP contribution < -0.4 is 0 Å². The van der Waals surface area contributed by atoms with E-state index in [4.69, 9.17) is 9.05 Å². The molecule has 0 bridgehead atoms. The molecule has 18 heavy (non-hydrogen) atoms. The number of hydrogen-bond donors (Lipinski definition) is 0. The Morgan fingerprint density at radius 3 is 1.50 bits per heavy atom. The predicted molar refractivity (Wildman–Crippen MR) is 78.3 cm³/mol. The van der Waals surface area contributed by atoms with Crippen LogP contribution in [0.2, 0.25) is 0 Å². The van der Waals surface area contributed by atoms with Gasteiger partial charge in [0.2, 0.25) is 0 Å².